The van der Waals surface area contributed by atoms with E-state index >= 15 is 0 Å². The van der Waals surface area contributed by atoms with Crippen LogP contribution in [0.1, 0.15) is 12.5 Å². The van der Waals surface area contributed by atoms with E-state index in [2.05, 4.69) is 25.3 Å². The average Bonchev–Trinajstić information content (AvgIpc) is 2.72. The van der Waals surface area contributed by atoms with Gasteiger partial charge in [-0.25, -0.2) is 13.1 Å². The van der Waals surface area contributed by atoms with Gasteiger partial charge in [0.15, 0.2) is 5.96 Å². The van der Waals surface area contributed by atoms with Gasteiger partial charge in [0.2, 0.25) is 10.0 Å². The third kappa shape index (κ3) is 8.03. The molecule has 0 amide bonds. The number of hydrogen-bond acceptors (Lipinski definition) is 5. The smallest absolute Gasteiger partial charge is 0.242 e. The van der Waals surface area contributed by atoms with Crippen LogP contribution in [0.15, 0.2) is 64.7 Å². The summed E-state index contributed by atoms with van der Waals surface area (Å²) in [7, 11) is -3.56. The molecule has 152 valence electrons. The Hall–Kier alpha value is -2.49. The van der Waals surface area contributed by atoms with Crippen LogP contribution in [0.4, 0.5) is 0 Å². The number of aromatic nitrogens is 1. The van der Waals surface area contributed by atoms with Crippen LogP contribution in [-0.4, -0.2) is 52.1 Å². The zero-order valence-corrected chi connectivity index (χ0v) is 16.8. The Kier molecular flexibility index (Phi) is 9.40. The van der Waals surface area contributed by atoms with Crippen LogP contribution in [0.5, 0.6) is 0 Å². The molecule has 1 heterocycles. The van der Waals surface area contributed by atoms with Gasteiger partial charge in [-0.05, 0) is 24.6 Å². The molecule has 0 bridgehead atoms. The van der Waals surface area contributed by atoms with E-state index in [1.54, 1.807) is 6.07 Å². The van der Waals surface area contributed by atoms with E-state index in [0.29, 0.717) is 38.8 Å². The molecule has 0 aliphatic heterocycles. The number of aliphatic imine (C=N–C) groups is 1. The van der Waals surface area contributed by atoms with Crippen molar-refractivity contribution in [2.24, 2.45) is 4.99 Å². The van der Waals surface area contributed by atoms with Crippen molar-refractivity contribution in [1.29, 1.82) is 0 Å². The lowest BCUT2D eigenvalue weighted by Gasteiger charge is -2.12. The van der Waals surface area contributed by atoms with Crippen LogP contribution in [0, 0.1) is 0 Å². The maximum absolute atomic E-state index is 12.1. The second-order valence-electron chi connectivity index (χ2n) is 5.81. The normalized spacial score (nSPS) is 12.0. The van der Waals surface area contributed by atoms with E-state index in [-0.39, 0.29) is 11.4 Å². The van der Waals surface area contributed by atoms with Crippen LogP contribution in [0.3, 0.4) is 0 Å². The minimum absolute atomic E-state index is 0.138. The molecular weight excluding hydrogens is 378 g/mol. The van der Waals surface area contributed by atoms with E-state index in [1.165, 1.54) is 18.5 Å². The molecule has 3 N–H and O–H groups in total. The van der Waals surface area contributed by atoms with E-state index < -0.39 is 10.0 Å². The highest BCUT2D eigenvalue weighted by Crippen LogP contribution is 2.04. The summed E-state index contributed by atoms with van der Waals surface area (Å²) >= 11 is 0. The largest absolute Gasteiger partial charge is 0.375 e. The lowest BCUT2D eigenvalue weighted by Crippen LogP contribution is -2.39. The molecule has 0 saturated heterocycles. The molecule has 2 rings (SSSR count). The summed E-state index contributed by atoms with van der Waals surface area (Å²) in [5.74, 6) is 0.617. The van der Waals surface area contributed by atoms with Crippen LogP contribution in [0.25, 0.3) is 0 Å². The van der Waals surface area contributed by atoms with Gasteiger partial charge in [0, 0.05) is 32.0 Å². The predicted octanol–water partition coefficient (Wildman–Crippen LogP) is 1.13. The van der Waals surface area contributed by atoms with Gasteiger partial charge in [0.1, 0.15) is 4.90 Å². The maximum Gasteiger partial charge on any atom is 0.242 e. The second-order valence-corrected chi connectivity index (χ2v) is 7.58. The molecule has 0 saturated carbocycles. The molecule has 1 aromatic heterocycles. The third-order valence-corrected chi connectivity index (χ3v) is 5.06. The summed E-state index contributed by atoms with van der Waals surface area (Å²) in [5, 5.41) is 6.28. The van der Waals surface area contributed by atoms with Gasteiger partial charge in [-0.3, -0.25) is 9.98 Å². The quantitative estimate of drug-likeness (QED) is 0.294. The molecule has 2 aromatic rings. The molecular formula is C19H27N5O3S. The standard InChI is InChI=1S/C19H27N5O3S/c1-2-21-19(23-13-14-27-16-17-7-4-3-5-8-17)22-11-12-24-28(25,26)18-9-6-10-20-15-18/h3-10,15,24H,2,11-14,16H2,1H3,(H2,21,22,23). The van der Waals surface area contributed by atoms with Crippen LogP contribution < -0.4 is 15.4 Å². The van der Waals surface area contributed by atoms with Crippen molar-refractivity contribution in [2.45, 2.75) is 18.4 Å². The predicted molar refractivity (Wildman–Crippen MR) is 110 cm³/mol. The number of rotatable bonds is 11. The molecule has 0 aliphatic rings. The Bertz CT molecular complexity index is 814. The molecule has 0 atom stereocenters. The summed E-state index contributed by atoms with van der Waals surface area (Å²) in [6.07, 6.45) is 2.84. The number of ether oxygens (including phenoxy) is 1. The van der Waals surface area contributed by atoms with E-state index in [0.717, 1.165) is 5.56 Å². The first-order valence-electron chi connectivity index (χ1n) is 9.15. The van der Waals surface area contributed by atoms with Crippen molar-refractivity contribution in [3.63, 3.8) is 0 Å². The summed E-state index contributed by atoms with van der Waals surface area (Å²) in [6.45, 7) is 4.86. The molecule has 0 spiro atoms. The molecule has 0 aliphatic carbocycles. The van der Waals surface area contributed by atoms with Gasteiger partial charge in [-0.1, -0.05) is 30.3 Å². The van der Waals surface area contributed by atoms with Crippen molar-refractivity contribution in [2.75, 3.05) is 32.8 Å². The van der Waals surface area contributed by atoms with Gasteiger partial charge in [-0.15, -0.1) is 0 Å². The number of nitrogens with zero attached hydrogens (tertiary/aromatic N) is 2. The lowest BCUT2D eigenvalue weighted by molar-refractivity contribution is 0.125. The highest BCUT2D eigenvalue weighted by Gasteiger charge is 2.12. The van der Waals surface area contributed by atoms with E-state index in [9.17, 15) is 8.42 Å². The zero-order valence-electron chi connectivity index (χ0n) is 16.0. The fourth-order valence-electron chi connectivity index (χ4n) is 2.28. The molecule has 1 aromatic carbocycles. The Balaban J connectivity index is 1.69. The number of nitrogens with one attached hydrogen (secondary N) is 3. The van der Waals surface area contributed by atoms with Gasteiger partial charge < -0.3 is 15.4 Å². The highest BCUT2D eigenvalue weighted by molar-refractivity contribution is 7.89. The van der Waals surface area contributed by atoms with Crippen LogP contribution >= 0.6 is 0 Å². The van der Waals surface area contributed by atoms with Gasteiger partial charge in [0.25, 0.3) is 0 Å². The summed E-state index contributed by atoms with van der Waals surface area (Å²) < 4.78 is 32.4. The fraction of sp³-hybridized carbons (Fsp3) is 0.368. The van der Waals surface area contributed by atoms with Crippen molar-refractivity contribution in [1.82, 2.24) is 20.3 Å². The minimum atomic E-state index is -3.56. The summed E-state index contributed by atoms with van der Waals surface area (Å²) in [5.41, 5.74) is 1.13. The Labute approximate surface area is 166 Å². The van der Waals surface area contributed by atoms with Crippen LogP contribution in [0.2, 0.25) is 0 Å². The first kappa shape index (κ1) is 21.8. The van der Waals surface area contributed by atoms with Crippen molar-refractivity contribution >= 4 is 16.0 Å². The van der Waals surface area contributed by atoms with Gasteiger partial charge in [-0.2, -0.15) is 0 Å². The Morgan fingerprint density at radius 2 is 1.93 bits per heavy atom. The summed E-state index contributed by atoms with van der Waals surface area (Å²) in [4.78, 5) is 8.32. The molecule has 9 heteroatoms. The average molecular weight is 406 g/mol. The van der Waals surface area contributed by atoms with Crippen molar-refractivity contribution < 1.29 is 13.2 Å². The van der Waals surface area contributed by atoms with E-state index in [4.69, 9.17) is 4.74 Å². The third-order valence-electron chi connectivity index (χ3n) is 3.61. The Morgan fingerprint density at radius 3 is 2.64 bits per heavy atom. The first-order valence-corrected chi connectivity index (χ1v) is 10.6. The van der Waals surface area contributed by atoms with Gasteiger partial charge >= 0.3 is 0 Å². The zero-order chi connectivity index (χ0) is 20.1. The number of hydrogen-bond donors (Lipinski definition) is 3. The highest BCUT2D eigenvalue weighted by atomic mass is 32.2. The van der Waals surface area contributed by atoms with Crippen molar-refractivity contribution in [3.8, 4) is 0 Å². The molecule has 28 heavy (non-hydrogen) atoms. The fourth-order valence-corrected chi connectivity index (χ4v) is 3.27. The van der Waals surface area contributed by atoms with Crippen LogP contribution in [-0.2, 0) is 21.4 Å². The molecule has 8 nitrogen and oxygen atoms in total. The SMILES string of the molecule is CCNC(=NCCNS(=O)(=O)c1cccnc1)NCCOCc1ccccc1. The maximum atomic E-state index is 12.1. The first-order chi connectivity index (χ1) is 13.6. The van der Waals surface area contributed by atoms with Crippen molar-refractivity contribution in [3.05, 3.63) is 60.4 Å². The second kappa shape index (κ2) is 12.1. The Morgan fingerprint density at radius 1 is 1.11 bits per heavy atom. The topological polar surface area (TPSA) is 105 Å². The summed E-state index contributed by atoms with van der Waals surface area (Å²) in [6, 6.07) is 13.1. The number of pyridine rings is 1. The minimum Gasteiger partial charge on any atom is -0.375 e. The number of guanidine groups is 1. The number of sulfonamides is 1. The molecule has 0 fully saturated rings. The lowest BCUT2D eigenvalue weighted by atomic mass is 10.2. The molecule has 0 unspecified atom stereocenters. The monoisotopic (exact) mass is 405 g/mol. The molecule has 0 radical (unpaired) electrons. The number of benzene rings is 1. The van der Waals surface area contributed by atoms with Gasteiger partial charge in [0.05, 0.1) is 19.8 Å². The van der Waals surface area contributed by atoms with E-state index in [1.807, 2.05) is 37.3 Å².